The Morgan fingerprint density at radius 1 is 0.906 bits per heavy atom. The van der Waals surface area contributed by atoms with Crippen molar-refractivity contribution in [3.63, 3.8) is 0 Å². The first-order chi connectivity index (χ1) is 15.2. The van der Waals surface area contributed by atoms with Crippen LogP contribution in [0.2, 0.25) is 15.1 Å². The lowest BCUT2D eigenvalue weighted by molar-refractivity contribution is -0.384. The number of hydrogen-bond donors (Lipinski definition) is 2. The Labute approximate surface area is 197 Å². The minimum atomic E-state index is -0.698. The minimum Gasteiger partial charge on any atom is -0.319 e. The summed E-state index contributed by atoms with van der Waals surface area (Å²) in [5.41, 5.74) is 0.489. The fourth-order valence-corrected chi connectivity index (χ4v) is 3.30. The maximum atomic E-state index is 13.0. The number of non-ortho nitro benzene ring substituents is 1. The van der Waals surface area contributed by atoms with Crippen LogP contribution in [0.15, 0.2) is 72.4 Å². The van der Waals surface area contributed by atoms with Crippen molar-refractivity contribution in [1.82, 2.24) is 5.32 Å². The first-order valence-electron chi connectivity index (χ1n) is 9.02. The van der Waals surface area contributed by atoms with Crippen LogP contribution in [0.1, 0.15) is 15.9 Å². The number of hydrogen-bond acceptors (Lipinski definition) is 4. The summed E-state index contributed by atoms with van der Waals surface area (Å²) in [6.45, 7) is 0. The van der Waals surface area contributed by atoms with Gasteiger partial charge in [-0.3, -0.25) is 19.7 Å². The van der Waals surface area contributed by atoms with Crippen molar-refractivity contribution in [2.75, 3.05) is 5.32 Å². The average molecular weight is 491 g/mol. The molecule has 0 unspecified atom stereocenters. The number of halogens is 3. The van der Waals surface area contributed by atoms with Crippen molar-refractivity contribution in [1.29, 1.82) is 0 Å². The van der Waals surface area contributed by atoms with Gasteiger partial charge in [-0.2, -0.15) is 0 Å². The van der Waals surface area contributed by atoms with E-state index in [2.05, 4.69) is 10.6 Å². The van der Waals surface area contributed by atoms with E-state index < -0.39 is 16.7 Å². The third-order valence-electron chi connectivity index (χ3n) is 4.15. The van der Waals surface area contributed by atoms with E-state index in [9.17, 15) is 19.7 Å². The monoisotopic (exact) mass is 489 g/mol. The van der Waals surface area contributed by atoms with Crippen molar-refractivity contribution in [3.05, 3.63) is 109 Å². The Kier molecular flexibility index (Phi) is 7.48. The molecule has 0 aliphatic carbocycles. The fourth-order valence-electron chi connectivity index (χ4n) is 2.66. The molecule has 0 saturated heterocycles. The third-order valence-corrected chi connectivity index (χ3v) is 4.93. The highest BCUT2D eigenvalue weighted by Crippen LogP contribution is 2.26. The van der Waals surface area contributed by atoms with Crippen molar-refractivity contribution in [3.8, 4) is 0 Å². The summed E-state index contributed by atoms with van der Waals surface area (Å²) in [5, 5.41) is 17.1. The molecule has 0 aliphatic rings. The summed E-state index contributed by atoms with van der Waals surface area (Å²) in [5.74, 6) is -1.29. The molecule has 0 atom stereocenters. The summed E-state index contributed by atoms with van der Waals surface area (Å²) in [7, 11) is 0. The highest BCUT2D eigenvalue weighted by Gasteiger charge is 2.17. The number of nitro groups is 1. The van der Waals surface area contributed by atoms with Gasteiger partial charge in [0.1, 0.15) is 5.70 Å². The number of benzene rings is 3. The smallest absolute Gasteiger partial charge is 0.272 e. The summed E-state index contributed by atoms with van der Waals surface area (Å²) in [4.78, 5) is 36.2. The van der Waals surface area contributed by atoms with Gasteiger partial charge in [0.15, 0.2) is 0 Å². The zero-order valence-electron chi connectivity index (χ0n) is 16.1. The highest BCUT2D eigenvalue weighted by atomic mass is 35.5. The molecule has 0 saturated carbocycles. The van der Waals surface area contributed by atoms with Gasteiger partial charge in [-0.25, -0.2) is 0 Å². The second kappa shape index (κ2) is 10.3. The largest absolute Gasteiger partial charge is 0.319 e. The lowest BCUT2D eigenvalue weighted by Crippen LogP contribution is -2.30. The second-order valence-electron chi connectivity index (χ2n) is 6.45. The van der Waals surface area contributed by atoms with Crippen molar-refractivity contribution in [2.45, 2.75) is 0 Å². The van der Waals surface area contributed by atoms with Gasteiger partial charge >= 0.3 is 0 Å². The van der Waals surface area contributed by atoms with Gasteiger partial charge in [0.25, 0.3) is 17.5 Å². The molecule has 0 spiro atoms. The standard InChI is InChI=1S/C22H14Cl3N3O4/c23-15-5-2-4-14(11-15)21(29)27-20(10-13-3-1-6-17(9-13)28(31)32)22(30)26-19-8-7-16(24)12-18(19)25/h1-12H,(H,26,30)(H,27,29). The Hall–Kier alpha value is -3.39. The molecule has 2 amide bonds. The van der Waals surface area contributed by atoms with E-state index in [1.807, 2.05) is 0 Å². The van der Waals surface area contributed by atoms with Crippen LogP contribution < -0.4 is 10.6 Å². The molecular weight excluding hydrogens is 477 g/mol. The molecule has 3 rings (SSSR count). The maximum absolute atomic E-state index is 13.0. The van der Waals surface area contributed by atoms with Gasteiger partial charge in [-0.15, -0.1) is 0 Å². The summed E-state index contributed by atoms with van der Waals surface area (Å²) in [6.07, 6.45) is 1.31. The molecule has 162 valence electrons. The normalized spacial score (nSPS) is 11.0. The molecule has 2 N–H and O–H groups in total. The summed E-state index contributed by atoms with van der Waals surface area (Å²) < 4.78 is 0. The Bertz CT molecular complexity index is 1240. The van der Waals surface area contributed by atoms with Gasteiger partial charge in [0, 0.05) is 27.7 Å². The lowest BCUT2D eigenvalue weighted by Gasteiger charge is -2.12. The number of rotatable bonds is 6. The Morgan fingerprint density at radius 3 is 2.31 bits per heavy atom. The molecule has 3 aromatic rings. The molecule has 0 aromatic heterocycles. The predicted molar refractivity (Wildman–Crippen MR) is 125 cm³/mol. The van der Waals surface area contributed by atoms with Crippen LogP contribution in [0.25, 0.3) is 6.08 Å². The molecule has 7 nitrogen and oxygen atoms in total. The van der Waals surface area contributed by atoms with Gasteiger partial charge in [-0.1, -0.05) is 53.0 Å². The Morgan fingerprint density at radius 2 is 1.62 bits per heavy atom. The number of nitro benzene ring substituents is 1. The molecule has 0 bridgehead atoms. The zero-order chi connectivity index (χ0) is 23.3. The highest BCUT2D eigenvalue weighted by molar-refractivity contribution is 6.37. The molecule has 32 heavy (non-hydrogen) atoms. The zero-order valence-corrected chi connectivity index (χ0v) is 18.4. The van der Waals surface area contributed by atoms with E-state index >= 15 is 0 Å². The van der Waals surface area contributed by atoms with Crippen LogP contribution in [0.4, 0.5) is 11.4 Å². The van der Waals surface area contributed by atoms with E-state index in [0.717, 1.165) is 0 Å². The predicted octanol–water partition coefficient (Wildman–Crippen LogP) is 5.96. The molecular formula is C22H14Cl3N3O4. The van der Waals surface area contributed by atoms with Crippen molar-refractivity contribution in [2.24, 2.45) is 0 Å². The van der Waals surface area contributed by atoms with Gasteiger partial charge in [-0.05, 0) is 48.0 Å². The molecule has 0 aliphatic heterocycles. The van der Waals surface area contributed by atoms with Crippen LogP contribution in [0.3, 0.4) is 0 Å². The van der Waals surface area contributed by atoms with Crippen molar-refractivity contribution < 1.29 is 14.5 Å². The van der Waals surface area contributed by atoms with Gasteiger partial charge < -0.3 is 10.6 Å². The first-order valence-corrected chi connectivity index (χ1v) is 10.2. The van der Waals surface area contributed by atoms with E-state index in [1.54, 1.807) is 18.2 Å². The van der Waals surface area contributed by atoms with Crippen LogP contribution in [0, 0.1) is 10.1 Å². The Balaban J connectivity index is 1.96. The lowest BCUT2D eigenvalue weighted by atomic mass is 10.1. The topological polar surface area (TPSA) is 101 Å². The fraction of sp³-hybridized carbons (Fsp3) is 0. The molecule has 10 heteroatoms. The average Bonchev–Trinajstić information content (AvgIpc) is 2.75. The van der Waals surface area contributed by atoms with E-state index in [0.29, 0.717) is 15.6 Å². The van der Waals surface area contributed by atoms with E-state index in [4.69, 9.17) is 34.8 Å². The molecule has 0 radical (unpaired) electrons. The first kappa shape index (κ1) is 23.3. The van der Waals surface area contributed by atoms with Crippen LogP contribution in [0.5, 0.6) is 0 Å². The van der Waals surface area contributed by atoms with Crippen LogP contribution in [-0.4, -0.2) is 16.7 Å². The SMILES string of the molecule is O=C(Nc1ccc(Cl)cc1Cl)C(=Cc1cccc([N+](=O)[O-])c1)NC(=O)c1cccc(Cl)c1. The van der Waals surface area contributed by atoms with Gasteiger partial charge in [0.05, 0.1) is 15.6 Å². The molecule has 0 heterocycles. The van der Waals surface area contributed by atoms with Gasteiger partial charge in [0.2, 0.25) is 0 Å². The molecule has 0 fully saturated rings. The number of anilines is 1. The number of nitrogens with zero attached hydrogens (tertiary/aromatic N) is 1. The summed E-state index contributed by atoms with van der Waals surface area (Å²) >= 11 is 17.9. The third kappa shape index (κ3) is 6.07. The number of nitrogens with one attached hydrogen (secondary N) is 2. The second-order valence-corrected chi connectivity index (χ2v) is 7.73. The van der Waals surface area contributed by atoms with E-state index in [-0.39, 0.29) is 27.7 Å². The number of carbonyl (C=O) groups is 2. The molecule has 3 aromatic carbocycles. The maximum Gasteiger partial charge on any atom is 0.272 e. The van der Waals surface area contributed by atoms with Crippen LogP contribution >= 0.6 is 34.8 Å². The van der Waals surface area contributed by atoms with E-state index in [1.165, 1.54) is 54.6 Å². The number of carbonyl (C=O) groups excluding carboxylic acids is 2. The van der Waals surface area contributed by atoms with Crippen molar-refractivity contribution >= 4 is 64.1 Å². The van der Waals surface area contributed by atoms with Crippen LogP contribution in [-0.2, 0) is 4.79 Å². The quantitative estimate of drug-likeness (QED) is 0.253. The minimum absolute atomic E-state index is 0.165. The number of amides is 2. The summed E-state index contributed by atoms with van der Waals surface area (Å²) in [6, 6.07) is 16.3.